The minimum absolute atomic E-state index is 0.440. The van der Waals surface area contributed by atoms with Crippen molar-refractivity contribution in [3.8, 4) is 0 Å². The molecule has 0 spiro atoms. The van der Waals surface area contributed by atoms with E-state index in [1.165, 1.54) is 18.5 Å². The van der Waals surface area contributed by atoms with Crippen LogP contribution in [0.15, 0.2) is 12.5 Å². The summed E-state index contributed by atoms with van der Waals surface area (Å²) in [6.45, 7) is 10.3. The minimum atomic E-state index is 0.440. The number of nitrogens with zero attached hydrogens (tertiary/aromatic N) is 2. The molecule has 1 fully saturated rings. The van der Waals surface area contributed by atoms with Gasteiger partial charge in [-0.15, -0.1) is 0 Å². The lowest BCUT2D eigenvalue weighted by Gasteiger charge is -2.35. The first-order valence-electron chi connectivity index (χ1n) is 6.31. The molecule has 2 heterocycles. The third-order valence-corrected chi connectivity index (χ3v) is 3.70. The Balaban J connectivity index is 2.10. The highest BCUT2D eigenvalue weighted by molar-refractivity contribution is 5.04. The van der Waals surface area contributed by atoms with Crippen LogP contribution in [0.25, 0.3) is 0 Å². The topological polar surface area (TPSA) is 29.9 Å². The van der Waals surface area contributed by atoms with Gasteiger partial charge >= 0.3 is 0 Å². The summed E-state index contributed by atoms with van der Waals surface area (Å²) in [4.78, 5) is 4.29. The van der Waals surface area contributed by atoms with Crippen LogP contribution in [0.5, 0.6) is 0 Å². The number of hydrogen-bond acceptors (Lipinski definition) is 2. The van der Waals surface area contributed by atoms with Gasteiger partial charge in [0.05, 0.1) is 6.33 Å². The maximum absolute atomic E-state index is 4.29. The first-order valence-corrected chi connectivity index (χ1v) is 6.31. The molecule has 1 aromatic heterocycles. The average Bonchev–Trinajstić information content (AvgIpc) is 2.66. The number of nitrogens with one attached hydrogen (secondary N) is 1. The molecule has 1 saturated heterocycles. The molecule has 0 aromatic carbocycles. The van der Waals surface area contributed by atoms with Gasteiger partial charge in [-0.2, -0.15) is 0 Å². The van der Waals surface area contributed by atoms with E-state index in [0.717, 1.165) is 19.6 Å². The summed E-state index contributed by atoms with van der Waals surface area (Å²) >= 11 is 0. The van der Waals surface area contributed by atoms with E-state index >= 15 is 0 Å². The number of piperidine rings is 1. The molecule has 0 amide bonds. The molecular weight excluding hydrogens is 198 g/mol. The van der Waals surface area contributed by atoms with E-state index in [1.807, 2.05) is 12.5 Å². The summed E-state index contributed by atoms with van der Waals surface area (Å²) in [5.41, 5.74) is 1.80. The molecule has 0 saturated carbocycles. The monoisotopic (exact) mass is 221 g/mol. The SMILES string of the molecule is CC(C)c1cncn1CC1(C)CCNCC1. The maximum atomic E-state index is 4.29. The van der Waals surface area contributed by atoms with Crippen molar-refractivity contribution in [1.82, 2.24) is 14.9 Å². The van der Waals surface area contributed by atoms with Gasteiger partial charge in [0.2, 0.25) is 0 Å². The standard InChI is InChI=1S/C13H23N3/c1-11(2)12-8-15-10-16(12)9-13(3)4-6-14-7-5-13/h8,10-11,14H,4-7,9H2,1-3H3. The van der Waals surface area contributed by atoms with Crippen LogP contribution in [0.4, 0.5) is 0 Å². The van der Waals surface area contributed by atoms with E-state index < -0.39 is 0 Å². The van der Waals surface area contributed by atoms with Crippen LogP contribution in [0.3, 0.4) is 0 Å². The molecule has 0 atom stereocenters. The Bertz CT molecular complexity index is 335. The molecule has 3 heteroatoms. The Labute approximate surface area is 98.3 Å². The summed E-state index contributed by atoms with van der Waals surface area (Å²) in [5.74, 6) is 0.563. The van der Waals surface area contributed by atoms with Crippen molar-refractivity contribution in [3.63, 3.8) is 0 Å². The second kappa shape index (κ2) is 4.58. The van der Waals surface area contributed by atoms with Gasteiger partial charge in [0.15, 0.2) is 0 Å². The lowest BCUT2D eigenvalue weighted by molar-refractivity contribution is 0.192. The zero-order valence-electron chi connectivity index (χ0n) is 10.7. The summed E-state index contributed by atoms with van der Waals surface area (Å²) in [7, 11) is 0. The van der Waals surface area contributed by atoms with E-state index in [4.69, 9.17) is 0 Å². The molecule has 0 aliphatic carbocycles. The Hall–Kier alpha value is -0.830. The smallest absolute Gasteiger partial charge is 0.0948 e. The first kappa shape index (κ1) is 11.6. The molecule has 1 N–H and O–H groups in total. The highest BCUT2D eigenvalue weighted by Gasteiger charge is 2.27. The minimum Gasteiger partial charge on any atom is -0.334 e. The normalized spacial score (nSPS) is 20.2. The van der Waals surface area contributed by atoms with Crippen LogP contribution in [0, 0.1) is 5.41 Å². The summed E-state index contributed by atoms with van der Waals surface area (Å²) < 4.78 is 2.34. The van der Waals surface area contributed by atoms with Gasteiger partial charge in [-0.3, -0.25) is 0 Å². The van der Waals surface area contributed by atoms with E-state index in [-0.39, 0.29) is 0 Å². The van der Waals surface area contributed by atoms with Gasteiger partial charge < -0.3 is 9.88 Å². The summed E-state index contributed by atoms with van der Waals surface area (Å²) in [6, 6.07) is 0. The van der Waals surface area contributed by atoms with Crippen molar-refractivity contribution in [2.45, 2.75) is 46.1 Å². The van der Waals surface area contributed by atoms with Crippen LogP contribution in [-0.4, -0.2) is 22.6 Å². The Morgan fingerprint density at radius 2 is 2.12 bits per heavy atom. The van der Waals surface area contributed by atoms with Crippen molar-refractivity contribution in [3.05, 3.63) is 18.2 Å². The lowest BCUT2D eigenvalue weighted by Crippen LogP contribution is -2.37. The molecule has 3 nitrogen and oxygen atoms in total. The fourth-order valence-corrected chi connectivity index (χ4v) is 2.54. The number of rotatable bonds is 3. The number of imidazole rings is 1. The highest BCUT2D eigenvalue weighted by Crippen LogP contribution is 2.31. The second-order valence-electron chi connectivity index (χ2n) is 5.66. The zero-order valence-corrected chi connectivity index (χ0v) is 10.7. The van der Waals surface area contributed by atoms with E-state index in [9.17, 15) is 0 Å². The van der Waals surface area contributed by atoms with Gasteiger partial charge in [-0.25, -0.2) is 4.98 Å². The van der Waals surface area contributed by atoms with Crippen LogP contribution >= 0.6 is 0 Å². The van der Waals surface area contributed by atoms with Crippen molar-refractivity contribution in [2.24, 2.45) is 5.41 Å². The molecule has 1 aliphatic heterocycles. The number of aromatic nitrogens is 2. The molecule has 1 aromatic rings. The molecule has 0 unspecified atom stereocenters. The molecule has 16 heavy (non-hydrogen) atoms. The molecule has 1 aliphatic rings. The quantitative estimate of drug-likeness (QED) is 0.849. The molecule has 0 bridgehead atoms. The van der Waals surface area contributed by atoms with Gasteiger partial charge in [-0.05, 0) is 37.3 Å². The average molecular weight is 221 g/mol. The second-order valence-corrected chi connectivity index (χ2v) is 5.66. The van der Waals surface area contributed by atoms with E-state index in [1.54, 1.807) is 0 Å². The zero-order chi connectivity index (χ0) is 11.6. The molecule has 2 rings (SSSR count). The Morgan fingerprint density at radius 3 is 2.75 bits per heavy atom. The molecule has 90 valence electrons. The van der Waals surface area contributed by atoms with Crippen LogP contribution in [0.1, 0.15) is 45.2 Å². The van der Waals surface area contributed by atoms with E-state index in [0.29, 0.717) is 11.3 Å². The third kappa shape index (κ3) is 2.46. The van der Waals surface area contributed by atoms with E-state index in [2.05, 4.69) is 35.6 Å². The van der Waals surface area contributed by atoms with Crippen LogP contribution < -0.4 is 5.32 Å². The Morgan fingerprint density at radius 1 is 1.44 bits per heavy atom. The van der Waals surface area contributed by atoms with Crippen molar-refractivity contribution >= 4 is 0 Å². The summed E-state index contributed by atoms with van der Waals surface area (Å²) in [5, 5.41) is 3.43. The summed E-state index contributed by atoms with van der Waals surface area (Å²) in [6.07, 6.45) is 6.53. The maximum Gasteiger partial charge on any atom is 0.0948 e. The van der Waals surface area contributed by atoms with Gasteiger partial charge in [-0.1, -0.05) is 20.8 Å². The predicted molar refractivity (Wildman–Crippen MR) is 66.5 cm³/mol. The largest absolute Gasteiger partial charge is 0.334 e. The van der Waals surface area contributed by atoms with Crippen molar-refractivity contribution < 1.29 is 0 Å². The fraction of sp³-hybridized carbons (Fsp3) is 0.769. The fourth-order valence-electron chi connectivity index (χ4n) is 2.54. The van der Waals surface area contributed by atoms with Crippen molar-refractivity contribution in [2.75, 3.05) is 13.1 Å². The van der Waals surface area contributed by atoms with Crippen LogP contribution in [-0.2, 0) is 6.54 Å². The van der Waals surface area contributed by atoms with Gasteiger partial charge in [0.25, 0.3) is 0 Å². The molecule has 0 radical (unpaired) electrons. The molecular formula is C13H23N3. The third-order valence-electron chi connectivity index (χ3n) is 3.70. The van der Waals surface area contributed by atoms with Gasteiger partial charge in [0.1, 0.15) is 0 Å². The Kier molecular flexibility index (Phi) is 3.33. The first-order chi connectivity index (χ1) is 7.61. The number of hydrogen-bond donors (Lipinski definition) is 1. The van der Waals surface area contributed by atoms with Crippen LogP contribution in [0.2, 0.25) is 0 Å². The van der Waals surface area contributed by atoms with Crippen molar-refractivity contribution in [1.29, 1.82) is 0 Å². The lowest BCUT2D eigenvalue weighted by atomic mass is 9.81. The highest BCUT2D eigenvalue weighted by atomic mass is 15.1. The predicted octanol–water partition coefficient (Wildman–Crippen LogP) is 2.40. The van der Waals surface area contributed by atoms with Gasteiger partial charge in [0, 0.05) is 18.4 Å².